The first-order chi connectivity index (χ1) is 8.24. The molecule has 1 aromatic rings. The molecule has 1 aliphatic rings. The molecule has 0 spiro atoms. The molecule has 0 N–H and O–H groups in total. The normalized spacial score (nSPS) is 24.5. The zero-order valence-corrected chi connectivity index (χ0v) is 11.5. The Morgan fingerprint density at radius 1 is 1.12 bits per heavy atom. The van der Waals surface area contributed by atoms with Crippen LogP contribution in [0.1, 0.15) is 44.6 Å². The third-order valence-electron chi connectivity index (χ3n) is 3.90. The lowest BCUT2D eigenvalue weighted by atomic mass is 9.80. The van der Waals surface area contributed by atoms with Gasteiger partial charge in [0.05, 0.1) is 0 Å². The number of rotatable bonds is 4. The van der Waals surface area contributed by atoms with Gasteiger partial charge >= 0.3 is 0 Å². The van der Waals surface area contributed by atoms with Crippen molar-refractivity contribution < 1.29 is 0 Å². The third kappa shape index (κ3) is 4.23. The van der Waals surface area contributed by atoms with Crippen molar-refractivity contribution in [2.75, 3.05) is 0 Å². The highest BCUT2D eigenvalue weighted by Crippen LogP contribution is 2.30. The van der Waals surface area contributed by atoms with Crippen LogP contribution >= 0.6 is 12.2 Å². The molecular formula is C16H22S. The van der Waals surface area contributed by atoms with Gasteiger partial charge < -0.3 is 0 Å². The second kappa shape index (κ2) is 6.30. The predicted octanol–water partition coefficient (Wildman–Crippen LogP) is 4.82. The molecule has 2 rings (SSSR count). The lowest BCUT2D eigenvalue weighted by molar-refractivity contribution is 0.296. The first-order valence-corrected chi connectivity index (χ1v) is 7.20. The molecular weight excluding hydrogens is 224 g/mol. The van der Waals surface area contributed by atoms with E-state index in [9.17, 15) is 0 Å². The summed E-state index contributed by atoms with van der Waals surface area (Å²) in [5, 5.41) is 0. The second-order valence-electron chi connectivity index (χ2n) is 5.53. The van der Waals surface area contributed by atoms with Crippen LogP contribution in [0.25, 0.3) is 0 Å². The second-order valence-corrected chi connectivity index (χ2v) is 6.11. The van der Waals surface area contributed by atoms with Crippen LogP contribution in [0.2, 0.25) is 0 Å². The van der Waals surface area contributed by atoms with Gasteiger partial charge in [0.15, 0.2) is 0 Å². The molecule has 0 saturated heterocycles. The predicted molar refractivity (Wildman–Crippen MR) is 78.5 cm³/mol. The van der Waals surface area contributed by atoms with Crippen molar-refractivity contribution in [2.24, 2.45) is 11.8 Å². The molecule has 92 valence electrons. The van der Waals surface area contributed by atoms with Gasteiger partial charge in [0.2, 0.25) is 0 Å². The zero-order valence-electron chi connectivity index (χ0n) is 10.7. The van der Waals surface area contributed by atoms with E-state index in [1.165, 1.54) is 36.1 Å². The van der Waals surface area contributed by atoms with Gasteiger partial charge in [-0.05, 0) is 41.5 Å². The summed E-state index contributed by atoms with van der Waals surface area (Å²) < 4.78 is 0. The van der Waals surface area contributed by atoms with Gasteiger partial charge in [-0.15, -0.1) is 0 Å². The molecule has 1 aliphatic carbocycles. The quantitative estimate of drug-likeness (QED) is 0.687. The zero-order chi connectivity index (χ0) is 12.1. The van der Waals surface area contributed by atoms with Crippen LogP contribution in [0.4, 0.5) is 0 Å². The fourth-order valence-electron chi connectivity index (χ4n) is 2.75. The summed E-state index contributed by atoms with van der Waals surface area (Å²) in [6, 6.07) is 10.6. The van der Waals surface area contributed by atoms with Gasteiger partial charge in [0.1, 0.15) is 0 Å². The van der Waals surface area contributed by atoms with E-state index in [4.69, 9.17) is 12.2 Å². The Morgan fingerprint density at radius 3 is 2.41 bits per heavy atom. The van der Waals surface area contributed by atoms with Crippen LogP contribution in [0.3, 0.4) is 0 Å². The number of hydrogen-bond donors (Lipinski definition) is 0. The maximum absolute atomic E-state index is 5.55. The monoisotopic (exact) mass is 246 g/mol. The van der Waals surface area contributed by atoms with E-state index in [1.54, 1.807) is 0 Å². The minimum Gasteiger partial charge on any atom is -0.0893 e. The van der Waals surface area contributed by atoms with Crippen LogP contribution in [0.5, 0.6) is 0 Å². The average Bonchev–Trinajstić information content (AvgIpc) is 2.33. The molecule has 1 heteroatoms. The molecule has 1 fully saturated rings. The van der Waals surface area contributed by atoms with Gasteiger partial charge in [0, 0.05) is 6.42 Å². The van der Waals surface area contributed by atoms with Crippen molar-refractivity contribution >= 4 is 17.1 Å². The van der Waals surface area contributed by atoms with Crippen LogP contribution < -0.4 is 0 Å². The first kappa shape index (κ1) is 12.8. The van der Waals surface area contributed by atoms with Gasteiger partial charge in [-0.2, -0.15) is 0 Å². The average molecular weight is 246 g/mol. The highest BCUT2D eigenvalue weighted by Gasteiger charge is 2.19. The number of benzene rings is 1. The van der Waals surface area contributed by atoms with Crippen molar-refractivity contribution in [2.45, 2.75) is 45.4 Å². The lowest BCUT2D eigenvalue weighted by Crippen LogP contribution is -2.16. The molecule has 0 nitrogen and oxygen atoms in total. The Balaban J connectivity index is 1.78. The molecule has 0 atom stereocenters. The van der Waals surface area contributed by atoms with Gasteiger partial charge in [-0.25, -0.2) is 0 Å². The molecule has 1 saturated carbocycles. The number of thiocarbonyl (C=S) groups is 1. The minimum atomic E-state index is 0.863. The largest absolute Gasteiger partial charge is 0.0893 e. The van der Waals surface area contributed by atoms with Crippen molar-refractivity contribution in [1.29, 1.82) is 0 Å². The van der Waals surface area contributed by atoms with Crippen LogP contribution in [0.15, 0.2) is 30.3 Å². The molecule has 0 aliphatic heterocycles. The van der Waals surface area contributed by atoms with Crippen LogP contribution in [0, 0.1) is 11.8 Å². The summed E-state index contributed by atoms with van der Waals surface area (Å²) >= 11 is 5.55. The third-order valence-corrected chi connectivity index (χ3v) is 4.21. The summed E-state index contributed by atoms with van der Waals surface area (Å²) in [4.78, 5) is 1.25. The highest BCUT2D eigenvalue weighted by atomic mass is 32.1. The van der Waals surface area contributed by atoms with E-state index < -0.39 is 0 Å². The van der Waals surface area contributed by atoms with Crippen molar-refractivity contribution in [3.05, 3.63) is 35.9 Å². The van der Waals surface area contributed by atoms with Gasteiger partial charge in [0.25, 0.3) is 0 Å². The molecule has 0 aromatic heterocycles. The molecule has 0 unspecified atom stereocenters. The van der Waals surface area contributed by atoms with Crippen molar-refractivity contribution in [3.63, 3.8) is 0 Å². The lowest BCUT2D eigenvalue weighted by Gasteiger charge is -2.26. The van der Waals surface area contributed by atoms with E-state index in [2.05, 4.69) is 37.3 Å². The van der Waals surface area contributed by atoms with Crippen LogP contribution in [-0.4, -0.2) is 4.86 Å². The van der Waals surface area contributed by atoms with E-state index in [0.29, 0.717) is 0 Å². The maximum atomic E-state index is 5.55. The molecule has 1 aromatic carbocycles. The minimum absolute atomic E-state index is 0.863. The SMILES string of the molecule is CC1CCC(CC(=S)Cc2ccccc2)CC1. The van der Waals surface area contributed by atoms with Crippen molar-refractivity contribution in [3.8, 4) is 0 Å². The highest BCUT2D eigenvalue weighted by molar-refractivity contribution is 7.80. The molecule has 0 amide bonds. The van der Waals surface area contributed by atoms with Gasteiger partial charge in [-0.3, -0.25) is 0 Å². The fraction of sp³-hybridized carbons (Fsp3) is 0.562. The topological polar surface area (TPSA) is 0 Å². The van der Waals surface area contributed by atoms with Crippen LogP contribution in [-0.2, 0) is 6.42 Å². The molecule has 17 heavy (non-hydrogen) atoms. The summed E-state index contributed by atoms with van der Waals surface area (Å²) in [6.45, 7) is 2.37. The van der Waals surface area contributed by atoms with E-state index in [-0.39, 0.29) is 0 Å². The maximum Gasteiger partial charge on any atom is 0.00383 e. The Kier molecular flexibility index (Phi) is 4.73. The van der Waals surface area contributed by atoms with Crippen molar-refractivity contribution in [1.82, 2.24) is 0 Å². The smallest absolute Gasteiger partial charge is 0.00383 e. The molecule has 0 radical (unpaired) electrons. The molecule has 0 heterocycles. The van der Waals surface area contributed by atoms with E-state index in [0.717, 1.165) is 24.7 Å². The standard InChI is InChI=1S/C16H22S/c1-13-7-9-15(10-8-13)12-16(17)11-14-5-3-2-4-6-14/h2-6,13,15H,7-12H2,1H3. The van der Waals surface area contributed by atoms with Gasteiger partial charge in [-0.1, -0.05) is 62.3 Å². The Labute approximate surface area is 110 Å². The number of hydrogen-bond acceptors (Lipinski definition) is 1. The Bertz CT molecular complexity index is 347. The summed E-state index contributed by atoms with van der Waals surface area (Å²) in [6.07, 6.45) is 7.72. The molecule has 0 bridgehead atoms. The summed E-state index contributed by atoms with van der Waals surface area (Å²) in [5.74, 6) is 1.80. The fourth-order valence-corrected chi connectivity index (χ4v) is 3.15. The van der Waals surface area contributed by atoms with E-state index >= 15 is 0 Å². The van der Waals surface area contributed by atoms with E-state index in [1.807, 2.05) is 0 Å². The Hall–Kier alpha value is -0.690. The summed E-state index contributed by atoms with van der Waals surface area (Å²) in [7, 11) is 0. The first-order valence-electron chi connectivity index (χ1n) is 6.79. The Morgan fingerprint density at radius 2 is 1.76 bits per heavy atom. The summed E-state index contributed by atoms with van der Waals surface area (Å²) in [5.41, 5.74) is 1.36.